The number of amides is 1. The number of esters is 2. The van der Waals surface area contributed by atoms with E-state index in [-0.39, 0.29) is 18.8 Å². The molecule has 0 spiro atoms. The minimum atomic E-state index is -1.68. The van der Waals surface area contributed by atoms with Crippen molar-refractivity contribution in [1.82, 2.24) is 15.6 Å². The van der Waals surface area contributed by atoms with E-state index in [1.54, 1.807) is 18.2 Å². The van der Waals surface area contributed by atoms with Crippen molar-refractivity contribution in [2.24, 2.45) is 0 Å². The second-order valence-electron chi connectivity index (χ2n) is 7.31. The number of nitrogens with zero attached hydrogens (tertiary/aromatic N) is 2. The zero-order valence-electron chi connectivity index (χ0n) is 18.5. The first kappa shape index (κ1) is 25.7. The van der Waals surface area contributed by atoms with Gasteiger partial charge in [-0.05, 0) is 34.0 Å². The summed E-state index contributed by atoms with van der Waals surface area (Å²) >= 11 is 6.06. The molecule has 35 heavy (non-hydrogen) atoms. The Hall–Kier alpha value is -3.93. The summed E-state index contributed by atoms with van der Waals surface area (Å²) in [6.45, 7) is 0.192. The highest BCUT2D eigenvalue weighted by Gasteiger charge is 2.24. The number of carbonyl (C=O) groups is 3. The van der Waals surface area contributed by atoms with Crippen LogP contribution in [-0.4, -0.2) is 57.7 Å². The summed E-state index contributed by atoms with van der Waals surface area (Å²) in [7, 11) is 0. The molecule has 2 aromatic carbocycles. The largest absolute Gasteiger partial charge is 0.491 e. The Morgan fingerprint density at radius 2 is 1.86 bits per heavy atom. The third kappa shape index (κ3) is 7.81. The van der Waals surface area contributed by atoms with Gasteiger partial charge in [0.2, 0.25) is 12.6 Å². The number of ether oxygens (including phenoxy) is 2. The minimum absolute atomic E-state index is 0.0793. The predicted molar refractivity (Wildman–Crippen MR) is 122 cm³/mol. The van der Waals surface area contributed by atoms with Crippen molar-refractivity contribution in [3.63, 3.8) is 0 Å². The van der Waals surface area contributed by atoms with Crippen LogP contribution in [0.1, 0.15) is 23.0 Å². The number of aromatic nitrogens is 1. The van der Waals surface area contributed by atoms with Crippen LogP contribution >= 0.6 is 11.6 Å². The van der Waals surface area contributed by atoms with Gasteiger partial charge in [-0.3, -0.25) is 15.0 Å². The number of hydrogen-bond acceptors (Lipinski definition) is 10. The van der Waals surface area contributed by atoms with Crippen molar-refractivity contribution in [3.8, 4) is 17.0 Å². The summed E-state index contributed by atoms with van der Waals surface area (Å²) in [6.07, 6.45) is -1.68. The highest BCUT2D eigenvalue weighted by atomic mass is 35.5. The molecule has 11 nitrogen and oxygen atoms in total. The van der Waals surface area contributed by atoms with E-state index < -0.39 is 36.6 Å². The zero-order valence-corrected chi connectivity index (χ0v) is 19.3. The molecule has 0 aliphatic carbocycles. The van der Waals surface area contributed by atoms with E-state index in [0.717, 1.165) is 29.7 Å². The molecule has 1 atom stereocenters. The van der Waals surface area contributed by atoms with Crippen LogP contribution in [0.2, 0.25) is 5.02 Å². The van der Waals surface area contributed by atoms with Gasteiger partial charge in [0.15, 0.2) is 6.10 Å². The monoisotopic (exact) mass is 503 g/mol. The number of aliphatic hydroxyl groups is 1. The molecule has 0 saturated heterocycles. The Balaban J connectivity index is 1.71. The topological polar surface area (TPSA) is 151 Å². The van der Waals surface area contributed by atoms with Gasteiger partial charge in [-0.15, -0.1) is 0 Å². The van der Waals surface area contributed by atoms with E-state index >= 15 is 0 Å². The molecule has 0 aliphatic heterocycles. The molecule has 0 fully saturated rings. The quantitative estimate of drug-likeness (QED) is 0.213. The number of halogens is 1. The van der Waals surface area contributed by atoms with E-state index in [4.69, 9.17) is 16.1 Å². The van der Waals surface area contributed by atoms with Gasteiger partial charge in [-0.1, -0.05) is 48.0 Å². The van der Waals surface area contributed by atoms with Gasteiger partial charge < -0.3 is 24.2 Å². The maximum absolute atomic E-state index is 12.5. The van der Waals surface area contributed by atoms with Crippen molar-refractivity contribution < 1.29 is 38.6 Å². The fraction of sp³-hybridized carbons (Fsp3) is 0.217. The standard InChI is InChI=1S/C23H22ClN3O8/c1-14(28)33-13-34-23(32)19(29)12-27(25-22(31)20-10-21(30)26-35-20)11-15-5-7-16(8-6-15)17-3-2-4-18(24)9-17/h2-10,19,29H,11-13H2,1H3,(H,25,31)(H,26,30)/t19-/m1/s1. The fourth-order valence-electron chi connectivity index (χ4n) is 2.96. The van der Waals surface area contributed by atoms with Gasteiger partial charge in [0.05, 0.1) is 12.6 Å². The molecule has 3 aromatic rings. The van der Waals surface area contributed by atoms with Crippen molar-refractivity contribution >= 4 is 29.4 Å². The Morgan fingerprint density at radius 3 is 2.49 bits per heavy atom. The number of aromatic hydroxyl groups is 1. The molecule has 0 saturated carbocycles. The average Bonchev–Trinajstić information content (AvgIpc) is 3.25. The van der Waals surface area contributed by atoms with Crippen molar-refractivity contribution in [3.05, 3.63) is 70.9 Å². The highest BCUT2D eigenvalue weighted by molar-refractivity contribution is 6.30. The van der Waals surface area contributed by atoms with Crippen LogP contribution in [0, 0.1) is 0 Å². The van der Waals surface area contributed by atoms with E-state index in [1.807, 2.05) is 30.3 Å². The molecule has 0 aliphatic rings. The zero-order chi connectivity index (χ0) is 25.4. The summed E-state index contributed by atoms with van der Waals surface area (Å²) in [5.41, 5.74) is 5.06. The second kappa shape index (κ2) is 12.0. The molecular weight excluding hydrogens is 482 g/mol. The van der Waals surface area contributed by atoms with Gasteiger partial charge in [0.25, 0.3) is 5.88 Å². The lowest BCUT2D eigenvalue weighted by Crippen LogP contribution is -2.47. The fourth-order valence-corrected chi connectivity index (χ4v) is 3.15. The molecule has 3 N–H and O–H groups in total. The number of benzene rings is 2. The molecule has 12 heteroatoms. The summed E-state index contributed by atoms with van der Waals surface area (Å²) in [5.74, 6) is -3.24. The number of aliphatic hydroxyl groups excluding tert-OH is 1. The number of hydrogen-bond donors (Lipinski definition) is 3. The number of rotatable bonds is 10. The van der Waals surface area contributed by atoms with Gasteiger partial charge in [-0.25, -0.2) is 9.80 Å². The first-order valence-corrected chi connectivity index (χ1v) is 10.6. The van der Waals surface area contributed by atoms with Gasteiger partial charge in [0, 0.05) is 18.5 Å². The first-order valence-electron chi connectivity index (χ1n) is 10.3. The molecule has 1 aromatic heterocycles. The second-order valence-corrected chi connectivity index (χ2v) is 7.75. The summed E-state index contributed by atoms with van der Waals surface area (Å²) < 4.78 is 13.9. The number of carbonyl (C=O) groups excluding carboxylic acids is 3. The van der Waals surface area contributed by atoms with E-state index in [2.05, 4.69) is 20.1 Å². The van der Waals surface area contributed by atoms with E-state index in [1.165, 1.54) is 5.01 Å². The van der Waals surface area contributed by atoms with Crippen LogP contribution in [-0.2, 0) is 25.6 Å². The first-order chi connectivity index (χ1) is 16.7. The van der Waals surface area contributed by atoms with Gasteiger partial charge in [-0.2, -0.15) is 0 Å². The third-order valence-electron chi connectivity index (χ3n) is 4.60. The Kier molecular flexibility index (Phi) is 8.79. The molecular formula is C23H22ClN3O8. The number of nitrogens with one attached hydrogen (secondary N) is 1. The molecule has 0 radical (unpaired) electrons. The molecule has 184 valence electrons. The minimum Gasteiger partial charge on any atom is -0.491 e. The average molecular weight is 504 g/mol. The van der Waals surface area contributed by atoms with Gasteiger partial charge >= 0.3 is 17.8 Å². The number of hydrazine groups is 1. The lowest BCUT2D eigenvalue weighted by atomic mass is 10.0. The summed E-state index contributed by atoms with van der Waals surface area (Å²) in [5, 5.41) is 24.6. The van der Waals surface area contributed by atoms with Gasteiger partial charge in [0.1, 0.15) is 0 Å². The van der Waals surface area contributed by atoms with Crippen molar-refractivity contribution in [2.75, 3.05) is 13.3 Å². The van der Waals surface area contributed by atoms with Crippen LogP contribution in [0.3, 0.4) is 0 Å². The van der Waals surface area contributed by atoms with E-state index in [9.17, 15) is 24.6 Å². The van der Waals surface area contributed by atoms with Crippen LogP contribution in [0.15, 0.2) is 59.1 Å². The molecule has 1 heterocycles. The lowest BCUT2D eigenvalue weighted by molar-refractivity contribution is -0.173. The third-order valence-corrected chi connectivity index (χ3v) is 4.83. The normalized spacial score (nSPS) is 11.7. The lowest BCUT2D eigenvalue weighted by Gasteiger charge is -2.24. The molecule has 0 unspecified atom stereocenters. The molecule has 1 amide bonds. The Morgan fingerprint density at radius 1 is 1.11 bits per heavy atom. The molecule has 0 bridgehead atoms. The Bertz CT molecular complexity index is 1180. The van der Waals surface area contributed by atoms with Crippen molar-refractivity contribution in [1.29, 1.82) is 0 Å². The maximum atomic E-state index is 12.5. The molecule has 3 rings (SSSR count). The maximum Gasteiger partial charge on any atom is 0.339 e. The summed E-state index contributed by atoms with van der Waals surface area (Å²) in [6, 6.07) is 15.7. The van der Waals surface area contributed by atoms with E-state index in [0.29, 0.717) is 5.02 Å². The smallest absolute Gasteiger partial charge is 0.339 e. The van der Waals surface area contributed by atoms with Crippen molar-refractivity contribution in [2.45, 2.75) is 19.6 Å². The highest BCUT2D eigenvalue weighted by Crippen LogP contribution is 2.23. The van der Waals surface area contributed by atoms with Crippen LogP contribution in [0.5, 0.6) is 5.88 Å². The van der Waals surface area contributed by atoms with Crippen LogP contribution in [0.25, 0.3) is 11.1 Å². The summed E-state index contributed by atoms with van der Waals surface area (Å²) in [4.78, 5) is 35.3. The SMILES string of the molecule is CC(=O)OCOC(=O)[C@H](O)CN(Cc1ccc(-c2cccc(Cl)c2)cc1)NC(=O)c1cc(O)no1. The van der Waals surface area contributed by atoms with Crippen LogP contribution in [0.4, 0.5) is 0 Å². The van der Waals surface area contributed by atoms with Crippen LogP contribution < -0.4 is 5.43 Å². The Labute approximate surface area is 204 Å². The predicted octanol–water partition coefficient (Wildman–Crippen LogP) is 2.27.